The number of benzene rings is 1. The summed E-state index contributed by atoms with van der Waals surface area (Å²) in [6, 6.07) is 4.30. The maximum Gasteiger partial charge on any atom is 0.417 e. The number of likely N-dealkylation sites (tertiary alicyclic amines) is 1. The Morgan fingerprint density at radius 1 is 1.16 bits per heavy atom. The van der Waals surface area contributed by atoms with Crippen LogP contribution in [0.4, 0.5) is 13.2 Å². The van der Waals surface area contributed by atoms with Crippen LogP contribution >= 0.6 is 0 Å². The monoisotopic (exact) mass is 524 g/mol. The Kier molecular flexibility index (Phi) is 7.35. The van der Waals surface area contributed by atoms with Gasteiger partial charge in [-0.3, -0.25) is 9.59 Å². The number of amides is 2. The van der Waals surface area contributed by atoms with Gasteiger partial charge in [-0.2, -0.15) is 13.2 Å². The third-order valence-electron chi connectivity index (χ3n) is 9.22. The number of rotatable bonds is 7. The minimum atomic E-state index is -5.11. The number of alkyl halides is 3. The highest BCUT2D eigenvalue weighted by Crippen LogP contribution is 2.66. The van der Waals surface area contributed by atoms with Crippen molar-refractivity contribution in [2.45, 2.75) is 89.8 Å². The van der Waals surface area contributed by atoms with Crippen molar-refractivity contribution in [1.29, 1.82) is 0 Å². The Hall–Kier alpha value is -2.62. The van der Waals surface area contributed by atoms with Gasteiger partial charge in [0.1, 0.15) is 18.2 Å². The molecule has 2 N–H and O–H groups in total. The van der Waals surface area contributed by atoms with Gasteiger partial charge in [0.2, 0.25) is 11.9 Å². The van der Waals surface area contributed by atoms with E-state index < -0.39 is 42.1 Å². The molecule has 0 aromatic heterocycles. The second kappa shape index (κ2) is 9.93. The van der Waals surface area contributed by atoms with E-state index in [1.54, 1.807) is 35.6 Å². The number of ether oxygens (including phenoxy) is 1. The van der Waals surface area contributed by atoms with Gasteiger partial charge in [-0.05, 0) is 49.0 Å². The number of halogens is 3. The number of hydrogen-bond acceptors (Lipinski definition) is 5. The third-order valence-corrected chi connectivity index (χ3v) is 9.22. The Bertz CT molecular complexity index is 1030. The average Bonchev–Trinajstić information content (AvgIpc) is 3.45. The summed E-state index contributed by atoms with van der Waals surface area (Å²) in [5.41, 5.74) is 0.313. The molecule has 2 saturated carbocycles. The van der Waals surface area contributed by atoms with Crippen molar-refractivity contribution in [1.82, 2.24) is 10.2 Å². The maximum atomic E-state index is 13.9. The minimum Gasteiger partial charge on any atom is -0.460 e. The Balaban J connectivity index is 1.43. The first-order valence-electron chi connectivity index (χ1n) is 12.9. The lowest BCUT2D eigenvalue weighted by atomic mass is 9.70. The minimum absolute atomic E-state index is 0.0185. The van der Waals surface area contributed by atoms with Crippen molar-refractivity contribution in [2.75, 3.05) is 6.54 Å². The van der Waals surface area contributed by atoms with Crippen LogP contribution in [0.3, 0.4) is 0 Å². The van der Waals surface area contributed by atoms with Gasteiger partial charge in [0.25, 0.3) is 5.91 Å². The predicted octanol–water partition coefficient (Wildman–Crippen LogP) is 3.39. The fourth-order valence-electron chi connectivity index (χ4n) is 6.42. The second-order valence-corrected chi connectivity index (χ2v) is 11.4. The van der Waals surface area contributed by atoms with Gasteiger partial charge in [-0.15, -0.1) is 0 Å². The van der Waals surface area contributed by atoms with Crippen molar-refractivity contribution in [3.05, 3.63) is 35.9 Å². The topological polar surface area (TPSA) is 95.9 Å². The Morgan fingerprint density at radius 3 is 2.41 bits per heavy atom. The predicted molar refractivity (Wildman–Crippen MR) is 128 cm³/mol. The Labute approximate surface area is 214 Å². The van der Waals surface area contributed by atoms with E-state index in [4.69, 9.17) is 4.74 Å². The first-order valence-corrected chi connectivity index (χ1v) is 12.9. The number of aliphatic hydroxyl groups excluding tert-OH is 1. The van der Waals surface area contributed by atoms with Gasteiger partial charge < -0.3 is 20.1 Å². The van der Waals surface area contributed by atoms with E-state index >= 15 is 0 Å². The summed E-state index contributed by atoms with van der Waals surface area (Å²) in [7, 11) is 0. The molecule has 0 spiro atoms. The quantitative estimate of drug-likeness (QED) is 0.534. The van der Waals surface area contributed by atoms with Gasteiger partial charge in [0, 0.05) is 18.4 Å². The average molecular weight is 525 g/mol. The molecule has 1 heterocycles. The summed E-state index contributed by atoms with van der Waals surface area (Å²) in [6.07, 6.45) is -4.25. The van der Waals surface area contributed by atoms with E-state index in [1.165, 1.54) is 0 Å². The highest BCUT2D eigenvalue weighted by atomic mass is 19.4. The molecule has 3 aliphatic rings. The summed E-state index contributed by atoms with van der Waals surface area (Å²) < 4.78 is 47.6. The van der Waals surface area contributed by atoms with E-state index in [9.17, 15) is 32.7 Å². The van der Waals surface area contributed by atoms with Crippen molar-refractivity contribution >= 4 is 17.8 Å². The van der Waals surface area contributed by atoms with Crippen LogP contribution in [0.2, 0.25) is 0 Å². The molecule has 10 heteroatoms. The molecular weight excluding hydrogens is 489 g/mol. The van der Waals surface area contributed by atoms with Crippen molar-refractivity contribution in [3.63, 3.8) is 0 Å². The van der Waals surface area contributed by atoms with Crippen LogP contribution in [-0.4, -0.2) is 64.8 Å². The molecular formula is C27H35F3N2O5. The number of carbonyl (C=O) groups excluding carboxylic acids is 3. The lowest BCUT2D eigenvalue weighted by Crippen LogP contribution is -2.59. The standard InChI is InChI=1S/C27H35F3N2O5/c1-25(2)17-11-12-26(25,3)20(15-17)37-24(36)18-10-7-13-32(18)23(35)21(27(28,29)30)31-22(34)19(33)14-16-8-5-4-6-9-16/h4-6,8-9,17-21,33H,7,10-15H2,1-3H3,(H,31,34). The van der Waals surface area contributed by atoms with Crippen LogP contribution in [0.1, 0.15) is 58.4 Å². The molecule has 6 unspecified atom stereocenters. The normalized spacial score (nSPS) is 30.1. The van der Waals surface area contributed by atoms with Gasteiger partial charge >= 0.3 is 12.1 Å². The van der Waals surface area contributed by atoms with Crippen molar-refractivity contribution in [2.24, 2.45) is 16.7 Å². The zero-order valence-corrected chi connectivity index (χ0v) is 21.4. The lowest BCUT2D eigenvalue weighted by molar-refractivity contribution is -0.183. The number of esters is 1. The van der Waals surface area contributed by atoms with Gasteiger partial charge in [0.15, 0.2) is 0 Å². The zero-order valence-electron chi connectivity index (χ0n) is 21.4. The fourth-order valence-corrected chi connectivity index (χ4v) is 6.42. The summed E-state index contributed by atoms with van der Waals surface area (Å²) in [5, 5.41) is 11.8. The molecule has 1 aromatic rings. The van der Waals surface area contributed by atoms with Crippen LogP contribution in [0.15, 0.2) is 30.3 Å². The van der Waals surface area contributed by atoms with E-state index in [1.807, 2.05) is 0 Å². The summed E-state index contributed by atoms with van der Waals surface area (Å²) in [6.45, 7) is 6.36. The van der Waals surface area contributed by atoms with Crippen LogP contribution < -0.4 is 5.32 Å². The van der Waals surface area contributed by atoms with Gasteiger partial charge in [-0.25, -0.2) is 4.79 Å². The lowest BCUT2D eigenvalue weighted by Gasteiger charge is -2.39. The molecule has 2 bridgehead atoms. The molecule has 0 radical (unpaired) electrons. The molecule has 3 fully saturated rings. The van der Waals surface area contributed by atoms with Gasteiger partial charge in [0.05, 0.1) is 0 Å². The van der Waals surface area contributed by atoms with E-state index in [0.717, 1.165) is 17.7 Å². The SMILES string of the molecule is CC1(C)C2CCC1(C)C(OC(=O)C1CCCN1C(=O)C(NC(=O)C(O)Cc1ccccc1)C(F)(F)F)C2. The maximum absolute atomic E-state index is 13.9. The molecule has 2 aliphatic carbocycles. The van der Waals surface area contributed by atoms with Crippen LogP contribution in [0.5, 0.6) is 0 Å². The molecule has 37 heavy (non-hydrogen) atoms. The number of nitrogens with one attached hydrogen (secondary N) is 1. The van der Waals surface area contributed by atoms with Crippen LogP contribution in [0.25, 0.3) is 0 Å². The summed E-state index contributed by atoms with van der Waals surface area (Å²) in [4.78, 5) is 39.5. The summed E-state index contributed by atoms with van der Waals surface area (Å²) in [5.74, 6) is -3.03. The van der Waals surface area contributed by atoms with Crippen molar-refractivity contribution in [3.8, 4) is 0 Å². The molecule has 1 aromatic carbocycles. The Morgan fingerprint density at radius 2 is 1.84 bits per heavy atom. The molecule has 6 atom stereocenters. The first kappa shape index (κ1) is 27.4. The fraction of sp³-hybridized carbons (Fsp3) is 0.667. The summed E-state index contributed by atoms with van der Waals surface area (Å²) >= 11 is 0. The third kappa shape index (κ3) is 5.09. The molecule has 1 saturated heterocycles. The first-order chi connectivity index (χ1) is 17.3. The molecule has 204 valence electrons. The number of hydrogen-bond donors (Lipinski definition) is 2. The zero-order chi connectivity index (χ0) is 27.2. The molecule has 4 rings (SSSR count). The van der Waals surface area contributed by atoms with E-state index in [2.05, 4.69) is 20.8 Å². The van der Waals surface area contributed by atoms with Crippen LogP contribution in [-0.2, 0) is 25.5 Å². The van der Waals surface area contributed by atoms with Crippen molar-refractivity contribution < 1.29 is 37.4 Å². The molecule has 1 aliphatic heterocycles. The smallest absolute Gasteiger partial charge is 0.417 e. The van der Waals surface area contributed by atoms with Crippen LogP contribution in [0, 0.1) is 16.7 Å². The van der Waals surface area contributed by atoms with E-state index in [0.29, 0.717) is 24.3 Å². The molecule has 2 amide bonds. The van der Waals surface area contributed by atoms with Gasteiger partial charge in [-0.1, -0.05) is 51.1 Å². The second-order valence-electron chi connectivity index (χ2n) is 11.4. The van der Waals surface area contributed by atoms with E-state index in [-0.39, 0.29) is 36.3 Å². The number of aliphatic hydroxyl groups is 1. The number of nitrogens with zero attached hydrogens (tertiary/aromatic N) is 1. The number of carbonyl (C=O) groups is 3. The molecule has 7 nitrogen and oxygen atoms in total. The highest BCUT2D eigenvalue weighted by molar-refractivity contribution is 5.92. The number of fused-ring (bicyclic) bond motifs is 2. The highest BCUT2D eigenvalue weighted by Gasteiger charge is 2.63. The largest absolute Gasteiger partial charge is 0.460 e.